The van der Waals surface area contributed by atoms with E-state index in [0.717, 1.165) is 22.3 Å². The van der Waals surface area contributed by atoms with Crippen LogP contribution in [0.1, 0.15) is 32.3 Å². The molecule has 0 saturated heterocycles. The number of thioether (sulfide) groups is 1. The van der Waals surface area contributed by atoms with Crippen molar-refractivity contribution in [1.82, 2.24) is 10.2 Å². The number of carbonyl (C=O) groups is 1. The Kier molecular flexibility index (Phi) is 7.35. The molecule has 1 heterocycles. The molecular weight excluding hydrogens is 330 g/mol. The van der Waals surface area contributed by atoms with Gasteiger partial charge in [-0.15, -0.1) is 10.2 Å². The molecule has 1 aromatic carbocycles. The van der Waals surface area contributed by atoms with Gasteiger partial charge in [0.15, 0.2) is 4.34 Å². The zero-order valence-corrected chi connectivity index (χ0v) is 15.0. The van der Waals surface area contributed by atoms with Crippen molar-refractivity contribution in [1.29, 1.82) is 0 Å². The van der Waals surface area contributed by atoms with Crippen molar-refractivity contribution in [3.8, 4) is 5.75 Å². The summed E-state index contributed by atoms with van der Waals surface area (Å²) in [6.45, 7) is 4.70. The van der Waals surface area contributed by atoms with Crippen LogP contribution in [0.25, 0.3) is 0 Å². The highest BCUT2D eigenvalue weighted by atomic mass is 32.2. The maximum Gasteiger partial charge on any atom is 0.226 e. The van der Waals surface area contributed by atoms with E-state index in [0.29, 0.717) is 24.6 Å². The largest absolute Gasteiger partial charge is 0.494 e. The van der Waals surface area contributed by atoms with Crippen LogP contribution in [0, 0.1) is 0 Å². The van der Waals surface area contributed by atoms with Gasteiger partial charge in [-0.25, -0.2) is 0 Å². The second kappa shape index (κ2) is 9.52. The Hall–Kier alpha value is -1.60. The lowest BCUT2D eigenvalue weighted by Gasteiger charge is -2.06. The Balaban J connectivity index is 1.65. The predicted molar refractivity (Wildman–Crippen MR) is 95.5 cm³/mol. The van der Waals surface area contributed by atoms with Gasteiger partial charge in [0.2, 0.25) is 11.0 Å². The minimum absolute atomic E-state index is 0.0564. The van der Waals surface area contributed by atoms with E-state index < -0.39 is 0 Å². The summed E-state index contributed by atoms with van der Waals surface area (Å²) in [5.74, 6) is 1.73. The minimum Gasteiger partial charge on any atom is -0.494 e. The van der Waals surface area contributed by atoms with E-state index in [1.165, 1.54) is 16.9 Å². The standard InChI is InChI=1S/C16H21N3O2S2/c1-3-12-7-9-13(10-8-12)21-11-5-6-14(20)17-15-18-19-16(23-15)22-4-2/h7-10H,3-6,11H2,1-2H3,(H,17,18,20). The van der Waals surface area contributed by atoms with Gasteiger partial charge in [-0.05, 0) is 36.3 Å². The van der Waals surface area contributed by atoms with Crippen LogP contribution < -0.4 is 10.1 Å². The van der Waals surface area contributed by atoms with Gasteiger partial charge in [0.05, 0.1) is 6.61 Å². The molecule has 7 heteroatoms. The molecule has 0 fully saturated rings. The van der Waals surface area contributed by atoms with Crippen molar-refractivity contribution < 1.29 is 9.53 Å². The number of nitrogens with zero attached hydrogens (tertiary/aromatic N) is 2. The highest BCUT2D eigenvalue weighted by Gasteiger charge is 2.08. The molecule has 0 saturated carbocycles. The number of ether oxygens (including phenoxy) is 1. The van der Waals surface area contributed by atoms with Crippen LogP contribution in [0.2, 0.25) is 0 Å². The molecule has 124 valence electrons. The second-order valence-electron chi connectivity index (χ2n) is 4.80. The molecule has 0 bridgehead atoms. The van der Waals surface area contributed by atoms with E-state index >= 15 is 0 Å². The molecule has 0 unspecified atom stereocenters. The number of amides is 1. The van der Waals surface area contributed by atoms with Gasteiger partial charge in [0.1, 0.15) is 5.75 Å². The number of carbonyl (C=O) groups excluding carboxylic acids is 1. The third-order valence-corrected chi connectivity index (χ3v) is 4.92. The summed E-state index contributed by atoms with van der Waals surface area (Å²) in [6, 6.07) is 8.05. The highest BCUT2D eigenvalue weighted by molar-refractivity contribution is 8.01. The summed E-state index contributed by atoms with van der Waals surface area (Å²) < 4.78 is 6.51. The monoisotopic (exact) mass is 351 g/mol. The Morgan fingerprint density at radius 2 is 2.04 bits per heavy atom. The fourth-order valence-electron chi connectivity index (χ4n) is 1.87. The molecule has 5 nitrogen and oxygen atoms in total. The normalized spacial score (nSPS) is 10.5. The second-order valence-corrected chi connectivity index (χ2v) is 7.29. The molecule has 0 spiro atoms. The van der Waals surface area contributed by atoms with Crippen molar-refractivity contribution in [3.05, 3.63) is 29.8 Å². The first-order valence-corrected chi connectivity index (χ1v) is 9.49. The van der Waals surface area contributed by atoms with Crippen LogP contribution in [0.3, 0.4) is 0 Å². The summed E-state index contributed by atoms with van der Waals surface area (Å²) in [4.78, 5) is 11.8. The topological polar surface area (TPSA) is 64.1 Å². The third kappa shape index (κ3) is 6.19. The number of aryl methyl sites for hydroxylation is 1. The molecule has 0 atom stereocenters. The van der Waals surface area contributed by atoms with E-state index in [4.69, 9.17) is 4.74 Å². The van der Waals surface area contributed by atoms with Crippen LogP contribution in [-0.4, -0.2) is 28.5 Å². The van der Waals surface area contributed by atoms with E-state index in [1.807, 2.05) is 12.1 Å². The molecule has 1 N–H and O–H groups in total. The first-order valence-electron chi connectivity index (χ1n) is 7.69. The van der Waals surface area contributed by atoms with E-state index in [1.54, 1.807) is 11.8 Å². The molecule has 1 amide bonds. The van der Waals surface area contributed by atoms with Crippen molar-refractivity contribution in [2.45, 2.75) is 37.4 Å². The Labute approximate surface area is 144 Å². The Morgan fingerprint density at radius 1 is 1.26 bits per heavy atom. The summed E-state index contributed by atoms with van der Waals surface area (Å²) >= 11 is 3.02. The number of hydrogen-bond acceptors (Lipinski definition) is 6. The summed E-state index contributed by atoms with van der Waals surface area (Å²) in [6.07, 6.45) is 2.09. The minimum atomic E-state index is -0.0564. The number of anilines is 1. The van der Waals surface area contributed by atoms with Gasteiger partial charge in [-0.3, -0.25) is 4.79 Å². The van der Waals surface area contributed by atoms with Crippen LogP contribution in [0.4, 0.5) is 5.13 Å². The van der Waals surface area contributed by atoms with Gasteiger partial charge >= 0.3 is 0 Å². The van der Waals surface area contributed by atoms with Gasteiger partial charge in [-0.2, -0.15) is 0 Å². The smallest absolute Gasteiger partial charge is 0.226 e. The molecule has 0 aliphatic rings. The first kappa shape index (κ1) is 17.7. The number of hydrogen-bond donors (Lipinski definition) is 1. The maximum absolute atomic E-state index is 11.8. The maximum atomic E-state index is 11.8. The number of benzene rings is 1. The fraction of sp³-hybridized carbons (Fsp3) is 0.438. The SMILES string of the molecule is CCSc1nnc(NC(=O)CCCOc2ccc(CC)cc2)s1. The average molecular weight is 351 g/mol. The lowest BCUT2D eigenvalue weighted by Crippen LogP contribution is -2.12. The highest BCUT2D eigenvalue weighted by Crippen LogP contribution is 2.25. The van der Waals surface area contributed by atoms with Crippen LogP contribution in [-0.2, 0) is 11.2 Å². The van der Waals surface area contributed by atoms with E-state index in [9.17, 15) is 4.79 Å². The molecule has 0 aliphatic carbocycles. The van der Waals surface area contributed by atoms with Gasteiger partial charge in [0, 0.05) is 6.42 Å². The predicted octanol–water partition coefficient (Wildman–Crippen LogP) is 4.01. The summed E-state index contributed by atoms with van der Waals surface area (Å²) in [5, 5.41) is 11.3. The zero-order chi connectivity index (χ0) is 16.5. The molecule has 0 aliphatic heterocycles. The summed E-state index contributed by atoms with van der Waals surface area (Å²) in [5.41, 5.74) is 1.29. The Bertz CT molecular complexity index is 614. The van der Waals surface area contributed by atoms with Crippen molar-refractivity contribution >= 4 is 34.1 Å². The average Bonchev–Trinajstić information content (AvgIpc) is 2.99. The number of nitrogens with one attached hydrogen (secondary N) is 1. The van der Waals surface area contributed by atoms with Gasteiger partial charge in [0.25, 0.3) is 0 Å². The van der Waals surface area contributed by atoms with Crippen LogP contribution >= 0.6 is 23.1 Å². The summed E-state index contributed by atoms with van der Waals surface area (Å²) in [7, 11) is 0. The number of rotatable bonds is 9. The zero-order valence-electron chi connectivity index (χ0n) is 13.4. The van der Waals surface area contributed by atoms with Crippen molar-refractivity contribution in [3.63, 3.8) is 0 Å². The van der Waals surface area contributed by atoms with E-state index in [2.05, 4.69) is 41.5 Å². The van der Waals surface area contributed by atoms with Crippen molar-refractivity contribution in [2.24, 2.45) is 0 Å². The Morgan fingerprint density at radius 3 is 2.74 bits per heavy atom. The molecular formula is C16H21N3O2S2. The van der Waals surface area contributed by atoms with Gasteiger partial charge in [-0.1, -0.05) is 49.1 Å². The molecule has 2 rings (SSSR count). The van der Waals surface area contributed by atoms with E-state index in [-0.39, 0.29) is 5.91 Å². The van der Waals surface area contributed by atoms with Crippen LogP contribution in [0.15, 0.2) is 28.6 Å². The fourth-order valence-corrected chi connectivity index (χ4v) is 3.53. The number of aromatic nitrogens is 2. The first-order chi connectivity index (χ1) is 11.2. The third-order valence-electron chi connectivity index (χ3n) is 3.07. The lowest BCUT2D eigenvalue weighted by molar-refractivity contribution is -0.116. The lowest BCUT2D eigenvalue weighted by atomic mass is 10.2. The molecule has 1 aromatic heterocycles. The molecule has 23 heavy (non-hydrogen) atoms. The molecule has 2 aromatic rings. The molecule has 0 radical (unpaired) electrons. The van der Waals surface area contributed by atoms with Crippen molar-refractivity contribution in [2.75, 3.05) is 17.7 Å². The van der Waals surface area contributed by atoms with Crippen LogP contribution in [0.5, 0.6) is 5.75 Å². The quantitative estimate of drug-likeness (QED) is 0.420. The van der Waals surface area contributed by atoms with Gasteiger partial charge < -0.3 is 10.1 Å².